The molecular weight excluding hydrogens is 493 g/mol. The third-order valence-corrected chi connectivity index (χ3v) is 7.01. The van der Waals surface area contributed by atoms with Gasteiger partial charge in [-0.15, -0.1) is 11.6 Å². The summed E-state index contributed by atoms with van der Waals surface area (Å²) in [5, 5.41) is 0.103. The molecule has 0 N–H and O–H groups in total. The van der Waals surface area contributed by atoms with Crippen molar-refractivity contribution in [1.29, 1.82) is 0 Å². The number of hydrogen-bond donors (Lipinski definition) is 0. The van der Waals surface area contributed by atoms with E-state index in [1.54, 1.807) is 27.7 Å². The van der Waals surface area contributed by atoms with Crippen LogP contribution in [0.25, 0.3) is 16.6 Å². The van der Waals surface area contributed by atoms with E-state index in [0.29, 0.717) is 34.0 Å². The van der Waals surface area contributed by atoms with E-state index in [1.165, 1.54) is 0 Å². The van der Waals surface area contributed by atoms with Crippen molar-refractivity contribution in [3.63, 3.8) is 0 Å². The van der Waals surface area contributed by atoms with E-state index >= 15 is 0 Å². The highest BCUT2D eigenvalue weighted by molar-refractivity contribution is 6.31. The first-order valence-corrected chi connectivity index (χ1v) is 12.9. The molecule has 0 spiro atoms. The smallest absolute Gasteiger partial charge is 0.266 e. The number of amides is 1. The first kappa shape index (κ1) is 25.9. The van der Waals surface area contributed by atoms with Crippen LogP contribution in [0.2, 0.25) is 5.02 Å². The third-order valence-electron chi connectivity index (χ3n) is 6.34. The molecule has 0 bridgehead atoms. The van der Waals surface area contributed by atoms with Gasteiger partial charge in [0, 0.05) is 11.6 Å². The molecule has 0 fully saturated rings. The molecule has 2 unspecified atom stereocenters. The lowest BCUT2D eigenvalue weighted by Crippen LogP contribution is -2.39. The van der Waals surface area contributed by atoms with Crippen LogP contribution in [0.4, 0.5) is 0 Å². The Hall–Kier alpha value is -3.15. The number of aryl methyl sites for hydroxylation is 1. The van der Waals surface area contributed by atoms with Gasteiger partial charge in [0.2, 0.25) is 5.91 Å². The number of carbonyl (C=O) groups is 1. The normalized spacial score (nSPS) is 12.9. The van der Waals surface area contributed by atoms with E-state index in [0.717, 1.165) is 24.0 Å². The number of rotatable bonds is 8. The van der Waals surface area contributed by atoms with Crippen LogP contribution in [0.3, 0.4) is 0 Å². The van der Waals surface area contributed by atoms with Crippen LogP contribution in [0.5, 0.6) is 0 Å². The number of carbonyl (C=O) groups excluding carboxylic acids is 1. The number of hydrogen-bond acceptors (Lipinski definition) is 3. The van der Waals surface area contributed by atoms with Crippen LogP contribution in [0, 0.1) is 6.92 Å². The van der Waals surface area contributed by atoms with Gasteiger partial charge in [0.15, 0.2) is 0 Å². The van der Waals surface area contributed by atoms with E-state index in [-0.39, 0.29) is 11.5 Å². The standard InChI is InChI=1S/C29H29Cl2N3O2/c1-4-5-17-33(29(36)26(31)21-9-7-6-8-10-21)20(3)27-32-25-18-22(30)13-16-24(25)28(35)34(27)23-14-11-19(2)12-15-23/h6-16,18,20,26H,4-5,17H2,1-3H3. The van der Waals surface area contributed by atoms with E-state index < -0.39 is 11.4 Å². The fraction of sp³-hybridized carbons (Fsp3) is 0.276. The molecule has 7 heteroatoms. The molecule has 5 nitrogen and oxygen atoms in total. The second kappa shape index (κ2) is 11.3. The minimum absolute atomic E-state index is 0.212. The zero-order valence-electron chi connectivity index (χ0n) is 20.6. The van der Waals surface area contributed by atoms with E-state index in [4.69, 9.17) is 28.2 Å². The fourth-order valence-electron chi connectivity index (χ4n) is 4.27. The van der Waals surface area contributed by atoms with Crippen LogP contribution in [-0.2, 0) is 4.79 Å². The number of unbranched alkanes of at least 4 members (excludes halogenated alkanes) is 1. The molecule has 36 heavy (non-hydrogen) atoms. The summed E-state index contributed by atoms with van der Waals surface area (Å²) < 4.78 is 1.60. The molecule has 186 valence electrons. The highest BCUT2D eigenvalue weighted by atomic mass is 35.5. The van der Waals surface area contributed by atoms with Gasteiger partial charge in [-0.3, -0.25) is 14.2 Å². The number of halogens is 2. The van der Waals surface area contributed by atoms with Gasteiger partial charge in [0.25, 0.3) is 5.56 Å². The maximum atomic E-state index is 13.8. The molecule has 3 aromatic carbocycles. The molecular formula is C29H29Cl2N3O2. The largest absolute Gasteiger partial charge is 0.331 e. The maximum Gasteiger partial charge on any atom is 0.266 e. The quantitative estimate of drug-likeness (QED) is 0.234. The van der Waals surface area contributed by atoms with Crippen molar-refractivity contribution in [3.05, 3.63) is 105 Å². The highest BCUT2D eigenvalue weighted by Crippen LogP contribution is 2.30. The Morgan fingerprint density at radius 1 is 1.06 bits per heavy atom. The Kier molecular flexibility index (Phi) is 8.12. The summed E-state index contributed by atoms with van der Waals surface area (Å²) in [6.45, 7) is 6.45. The van der Waals surface area contributed by atoms with Gasteiger partial charge in [-0.2, -0.15) is 0 Å². The molecule has 0 aliphatic heterocycles. The predicted octanol–water partition coefficient (Wildman–Crippen LogP) is 7.02. The number of benzene rings is 3. The summed E-state index contributed by atoms with van der Waals surface area (Å²) in [5.74, 6) is 0.236. The van der Waals surface area contributed by atoms with E-state index in [9.17, 15) is 9.59 Å². The number of fused-ring (bicyclic) bond motifs is 1. The number of aromatic nitrogens is 2. The summed E-state index contributed by atoms with van der Waals surface area (Å²) in [7, 11) is 0. The summed E-state index contributed by atoms with van der Waals surface area (Å²) in [5.41, 5.74) is 2.77. The van der Waals surface area contributed by atoms with E-state index in [1.807, 2.05) is 68.4 Å². The summed E-state index contributed by atoms with van der Waals surface area (Å²) >= 11 is 12.9. The monoisotopic (exact) mass is 521 g/mol. The molecule has 1 aromatic heterocycles. The first-order chi connectivity index (χ1) is 17.3. The Balaban J connectivity index is 1.88. The van der Waals surface area contributed by atoms with Gasteiger partial charge < -0.3 is 4.90 Å². The topological polar surface area (TPSA) is 55.2 Å². The molecule has 4 rings (SSSR count). The van der Waals surface area contributed by atoms with Gasteiger partial charge in [-0.1, -0.05) is 73.0 Å². The lowest BCUT2D eigenvalue weighted by atomic mass is 10.1. The summed E-state index contributed by atoms with van der Waals surface area (Å²) in [4.78, 5) is 34.1. The van der Waals surface area contributed by atoms with E-state index in [2.05, 4.69) is 6.92 Å². The molecule has 0 aliphatic carbocycles. The van der Waals surface area contributed by atoms with Crippen LogP contribution < -0.4 is 5.56 Å². The average molecular weight is 522 g/mol. The predicted molar refractivity (Wildman–Crippen MR) is 147 cm³/mol. The first-order valence-electron chi connectivity index (χ1n) is 12.1. The van der Waals surface area contributed by atoms with Gasteiger partial charge >= 0.3 is 0 Å². The third kappa shape index (κ3) is 5.32. The Labute approximate surface area is 221 Å². The van der Waals surface area contributed by atoms with Crippen molar-refractivity contribution in [3.8, 4) is 5.69 Å². The van der Waals surface area contributed by atoms with Crippen molar-refractivity contribution in [2.75, 3.05) is 6.54 Å². The highest BCUT2D eigenvalue weighted by Gasteiger charge is 2.31. The number of nitrogens with zero attached hydrogens (tertiary/aromatic N) is 3. The minimum Gasteiger partial charge on any atom is -0.331 e. The lowest BCUT2D eigenvalue weighted by Gasteiger charge is -2.32. The van der Waals surface area contributed by atoms with Crippen LogP contribution in [0.15, 0.2) is 77.6 Å². The molecule has 0 saturated carbocycles. The van der Waals surface area contributed by atoms with Crippen LogP contribution in [-0.4, -0.2) is 26.9 Å². The zero-order valence-corrected chi connectivity index (χ0v) is 22.1. The summed E-state index contributed by atoms with van der Waals surface area (Å²) in [6, 6.07) is 21.5. The number of alkyl halides is 1. The maximum absolute atomic E-state index is 13.8. The molecule has 0 aliphatic rings. The van der Waals surface area contributed by atoms with Gasteiger partial charge in [0.05, 0.1) is 22.6 Å². The molecule has 0 radical (unpaired) electrons. The van der Waals surface area contributed by atoms with Crippen LogP contribution in [0.1, 0.15) is 55.1 Å². The molecule has 0 saturated heterocycles. The lowest BCUT2D eigenvalue weighted by molar-refractivity contribution is -0.133. The van der Waals surface area contributed by atoms with Crippen molar-refractivity contribution < 1.29 is 4.79 Å². The SMILES string of the molecule is CCCCN(C(=O)C(Cl)c1ccccc1)C(C)c1nc2cc(Cl)ccc2c(=O)n1-c1ccc(C)cc1. The van der Waals surface area contributed by atoms with Crippen LogP contribution >= 0.6 is 23.2 Å². The molecule has 1 amide bonds. The zero-order chi connectivity index (χ0) is 25.8. The van der Waals surface area contributed by atoms with Crippen molar-refractivity contribution >= 4 is 40.0 Å². The van der Waals surface area contributed by atoms with Crippen molar-refractivity contribution in [1.82, 2.24) is 14.5 Å². The van der Waals surface area contributed by atoms with Crippen molar-refractivity contribution in [2.45, 2.75) is 45.0 Å². The van der Waals surface area contributed by atoms with Gasteiger partial charge in [-0.05, 0) is 56.2 Å². The Bertz CT molecular complexity index is 1420. The molecule has 1 heterocycles. The molecule has 4 aromatic rings. The van der Waals surface area contributed by atoms with Crippen molar-refractivity contribution in [2.24, 2.45) is 0 Å². The Morgan fingerprint density at radius 2 is 1.75 bits per heavy atom. The second-order valence-corrected chi connectivity index (χ2v) is 9.81. The van der Waals surface area contributed by atoms with Gasteiger partial charge in [-0.25, -0.2) is 4.98 Å². The van der Waals surface area contributed by atoms with Gasteiger partial charge in [0.1, 0.15) is 11.2 Å². The Morgan fingerprint density at radius 3 is 2.42 bits per heavy atom. The average Bonchev–Trinajstić information content (AvgIpc) is 2.89. The minimum atomic E-state index is -0.847. The summed E-state index contributed by atoms with van der Waals surface area (Å²) in [6.07, 6.45) is 1.70. The molecule has 2 atom stereocenters. The second-order valence-electron chi connectivity index (χ2n) is 8.94. The fourth-order valence-corrected chi connectivity index (χ4v) is 4.71.